The fourth-order valence-corrected chi connectivity index (χ4v) is 2.51. The van der Waals surface area contributed by atoms with Crippen LogP contribution in [0.25, 0.3) is 0 Å². The number of aliphatic hydroxyl groups excluding tert-OH is 1. The molecule has 0 aliphatic rings. The van der Waals surface area contributed by atoms with E-state index < -0.39 is 6.10 Å². The van der Waals surface area contributed by atoms with Gasteiger partial charge < -0.3 is 19.9 Å². The first-order valence-electron chi connectivity index (χ1n) is 9.42. The van der Waals surface area contributed by atoms with Crippen molar-refractivity contribution >= 4 is 5.91 Å². The molecule has 6 nitrogen and oxygen atoms in total. The Balaban J connectivity index is 2.36. The lowest BCUT2D eigenvalue weighted by Crippen LogP contribution is -2.34. The van der Waals surface area contributed by atoms with Crippen molar-refractivity contribution in [3.05, 3.63) is 35.4 Å². The van der Waals surface area contributed by atoms with E-state index in [0.717, 1.165) is 13.1 Å². The molecule has 0 fully saturated rings. The van der Waals surface area contributed by atoms with Gasteiger partial charge in [-0.25, -0.2) is 0 Å². The van der Waals surface area contributed by atoms with Crippen LogP contribution in [-0.2, 0) is 16.0 Å². The predicted molar refractivity (Wildman–Crippen MR) is 103 cm³/mol. The first-order valence-corrected chi connectivity index (χ1v) is 9.42. The summed E-state index contributed by atoms with van der Waals surface area (Å²) in [6, 6.07) is 8.09. The van der Waals surface area contributed by atoms with Crippen LogP contribution in [0.2, 0.25) is 0 Å². The zero-order chi connectivity index (χ0) is 19.4. The number of amides is 1. The molecule has 1 amide bonds. The van der Waals surface area contributed by atoms with Crippen molar-refractivity contribution in [2.45, 2.75) is 46.4 Å². The average Bonchev–Trinajstić information content (AvgIpc) is 2.64. The van der Waals surface area contributed by atoms with Gasteiger partial charge in [-0.3, -0.25) is 9.69 Å². The monoisotopic (exact) mass is 366 g/mol. The third-order valence-electron chi connectivity index (χ3n) is 4.12. The van der Waals surface area contributed by atoms with Crippen molar-refractivity contribution < 1.29 is 19.4 Å². The molecule has 0 saturated carbocycles. The minimum atomic E-state index is -0.732. The fraction of sp³-hybridized carbons (Fsp3) is 0.650. The molecule has 1 aromatic carbocycles. The van der Waals surface area contributed by atoms with Gasteiger partial charge in [-0.15, -0.1) is 0 Å². The van der Waals surface area contributed by atoms with Crippen LogP contribution >= 0.6 is 0 Å². The number of aliphatic hydroxyl groups is 1. The largest absolute Gasteiger partial charge is 0.389 e. The van der Waals surface area contributed by atoms with E-state index in [4.69, 9.17) is 9.47 Å². The number of benzene rings is 1. The Bertz CT molecular complexity index is 505. The van der Waals surface area contributed by atoms with Crippen molar-refractivity contribution in [3.63, 3.8) is 0 Å². The van der Waals surface area contributed by atoms with E-state index in [-0.39, 0.29) is 19.1 Å². The second-order valence-corrected chi connectivity index (χ2v) is 6.49. The summed E-state index contributed by atoms with van der Waals surface area (Å²) in [7, 11) is 0. The van der Waals surface area contributed by atoms with E-state index in [0.29, 0.717) is 31.4 Å². The molecule has 26 heavy (non-hydrogen) atoms. The summed E-state index contributed by atoms with van der Waals surface area (Å²) in [6.45, 7) is 12.2. The van der Waals surface area contributed by atoms with E-state index >= 15 is 0 Å². The highest BCUT2D eigenvalue weighted by molar-refractivity contribution is 5.94. The lowest BCUT2D eigenvalue weighted by Gasteiger charge is -2.24. The van der Waals surface area contributed by atoms with Crippen LogP contribution in [0.3, 0.4) is 0 Å². The van der Waals surface area contributed by atoms with Gasteiger partial charge in [0.25, 0.3) is 5.91 Å². The smallest absolute Gasteiger partial charge is 0.251 e. The first kappa shape index (κ1) is 22.6. The Labute approximate surface area is 157 Å². The predicted octanol–water partition coefficient (Wildman–Crippen LogP) is 2.06. The van der Waals surface area contributed by atoms with Crippen LogP contribution < -0.4 is 5.32 Å². The Morgan fingerprint density at radius 2 is 1.81 bits per heavy atom. The van der Waals surface area contributed by atoms with Crippen LogP contribution in [0.15, 0.2) is 24.3 Å². The maximum atomic E-state index is 12.2. The van der Waals surface area contributed by atoms with Crippen LogP contribution in [0.1, 0.15) is 43.6 Å². The van der Waals surface area contributed by atoms with Gasteiger partial charge in [0, 0.05) is 31.3 Å². The third kappa shape index (κ3) is 8.76. The number of carbonyl (C=O) groups excluding carboxylic acids is 1. The molecule has 0 bridgehead atoms. The SMILES string of the molecule is CCOCCOC[C@@H](O)CNC(=O)c1ccc(CN(CC)C(C)C)cc1. The van der Waals surface area contributed by atoms with Crippen molar-refractivity contribution in [1.29, 1.82) is 0 Å². The van der Waals surface area contributed by atoms with Crippen LogP contribution in [0.5, 0.6) is 0 Å². The molecule has 148 valence electrons. The van der Waals surface area contributed by atoms with Crippen molar-refractivity contribution in [3.8, 4) is 0 Å². The Hall–Kier alpha value is -1.47. The molecule has 0 unspecified atom stereocenters. The van der Waals surface area contributed by atoms with Crippen LogP contribution in [0.4, 0.5) is 0 Å². The quantitative estimate of drug-likeness (QED) is 0.523. The van der Waals surface area contributed by atoms with Crippen molar-refractivity contribution in [2.24, 2.45) is 0 Å². The standard InChI is InChI=1S/C20H34N2O4/c1-5-22(16(3)4)14-17-7-9-18(10-8-17)20(24)21-13-19(23)15-26-12-11-25-6-2/h7-10,16,19,23H,5-6,11-15H2,1-4H3,(H,21,24)/t19-/m0/s1. The van der Waals surface area contributed by atoms with Gasteiger partial charge in [-0.05, 0) is 45.0 Å². The summed E-state index contributed by atoms with van der Waals surface area (Å²) in [4.78, 5) is 14.5. The molecule has 0 spiro atoms. The highest BCUT2D eigenvalue weighted by Gasteiger charge is 2.11. The van der Waals surface area contributed by atoms with Gasteiger partial charge in [0.2, 0.25) is 0 Å². The molecular formula is C20H34N2O4. The number of hydrogen-bond donors (Lipinski definition) is 2. The van der Waals surface area contributed by atoms with Gasteiger partial charge in [-0.2, -0.15) is 0 Å². The minimum absolute atomic E-state index is 0.159. The Morgan fingerprint density at radius 3 is 2.38 bits per heavy atom. The number of nitrogens with one attached hydrogen (secondary N) is 1. The number of carbonyl (C=O) groups is 1. The molecule has 0 heterocycles. The maximum absolute atomic E-state index is 12.2. The highest BCUT2D eigenvalue weighted by Crippen LogP contribution is 2.10. The molecule has 1 aromatic rings. The fourth-order valence-electron chi connectivity index (χ4n) is 2.51. The van der Waals surface area contributed by atoms with Gasteiger partial charge in [-0.1, -0.05) is 19.1 Å². The molecule has 1 rings (SSSR count). The van der Waals surface area contributed by atoms with Crippen molar-refractivity contribution in [1.82, 2.24) is 10.2 Å². The zero-order valence-corrected chi connectivity index (χ0v) is 16.5. The molecule has 2 N–H and O–H groups in total. The van der Waals surface area contributed by atoms with Gasteiger partial charge in [0.1, 0.15) is 0 Å². The normalized spacial score (nSPS) is 12.6. The number of nitrogens with zero attached hydrogens (tertiary/aromatic N) is 1. The van der Waals surface area contributed by atoms with E-state index in [1.807, 2.05) is 31.2 Å². The molecule has 6 heteroatoms. The number of ether oxygens (including phenoxy) is 2. The van der Waals surface area contributed by atoms with Gasteiger partial charge >= 0.3 is 0 Å². The molecule has 0 aliphatic heterocycles. The summed E-state index contributed by atoms with van der Waals surface area (Å²) in [5.74, 6) is -0.193. The summed E-state index contributed by atoms with van der Waals surface area (Å²) in [6.07, 6.45) is -0.732. The van der Waals surface area contributed by atoms with Gasteiger partial charge in [0.15, 0.2) is 0 Å². The Kier molecular flexibility index (Phi) is 11.1. The summed E-state index contributed by atoms with van der Waals surface area (Å²) >= 11 is 0. The molecule has 0 aromatic heterocycles. The highest BCUT2D eigenvalue weighted by atomic mass is 16.5. The molecule has 0 radical (unpaired) electrons. The third-order valence-corrected chi connectivity index (χ3v) is 4.12. The van der Waals surface area contributed by atoms with Crippen LogP contribution in [0, 0.1) is 0 Å². The zero-order valence-electron chi connectivity index (χ0n) is 16.5. The van der Waals surface area contributed by atoms with E-state index in [2.05, 4.69) is 31.0 Å². The maximum Gasteiger partial charge on any atom is 0.251 e. The van der Waals surface area contributed by atoms with E-state index in [9.17, 15) is 9.90 Å². The molecule has 0 saturated heterocycles. The van der Waals surface area contributed by atoms with Crippen molar-refractivity contribution in [2.75, 3.05) is 39.5 Å². The first-order chi connectivity index (χ1) is 12.5. The summed E-state index contributed by atoms with van der Waals surface area (Å²) < 4.78 is 10.4. The number of hydrogen-bond acceptors (Lipinski definition) is 5. The lowest BCUT2D eigenvalue weighted by atomic mass is 10.1. The molecule has 0 aliphatic carbocycles. The molecular weight excluding hydrogens is 332 g/mol. The summed E-state index contributed by atoms with van der Waals surface area (Å²) in [5, 5.41) is 12.6. The average molecular weight is 367 g/mol. The lowest BCUT2D eigenvalue weighted by molar-refractivity contribution is 0.00663. The second kappa shape index (κ2) is 12.8. The number of rotatable bonds is 13. The van der Waals surface area contributed by atoms with Gasteiger partial charge in [0.05, 0.1) is 25.9 Å². The van der Waals surface area contributed by atoms with E-state index in [1.165, 1.54) is 5.56 Å². The molecule has 1 atom stereocenters. The minimum Gasteiger partial charge on any atom is -0.389 e. The summed E-state index contributed by atoms with van der Waals surface area (Å²) in [5.41, 5.74) is 1.77. The van der Waals surface area contributed by atoms with Crippen LogP contribution in [-0.4, -0.2) is 67.6 Å². The van der Waals surface area contributed by atoms with E-state index in [1.54, 1.807) is 0 Å². The topological polar surface area (TPSA) is 71.0 Å². The Morgan fingerprint density at radius 1 is 1.15 bits per heavy atom. The second-order valence-electron chi connectivity index (χ2n) is 6.49.